The maximum atomic E-state index is 11.3. The molecule has 0 bridgehead atoms. The number of ether oxygens (including phenoxy) is 2. The Hall–Kier alpha value is -1.95. The van der Waals surface area contributed by atoms with Gasteiger partial charge in [-0.15, -0.1) is 0 Å². The number of alkyl carbamates (subject to hydrolysis) is 1. The Morgan fingerprint density at radius 3 is 2.64 bits per heavy atom. The number of carbonyl (C=O) groups excluding carboxylic acids is 1. The number of nitrogens with one attached hydrogen (secondary N) is 1. The van der Waals surface area contributed by atoms with Crippen LogP contribution < -0.4 is 10.1 Å². The average molecular weight is 348 g/mol. The quantitative estimate of drug-likeness (QED) is 0.801. The zero-order chi connectivity index (χ0) is 18.0. The van der Waals surface area contributed by atoms with Gasteiger partial charge < -0.3 is 24.8 Å². The third kappa shape index (κ3) is 3.84. The second-order valence-electron chi connectivity index (χ2n) is 7.26. The van der Waals surface area contributed by atoms with Crippen LogP contribution in [0.15, 0.2) is 6.07 Å². The van der Waals surface area contributed by atoms with E-state index in [4.69, 9.17) is 9.47 Å². The van der Waals surface area contributed by atoms with E-state index >= 15 is 0 Å². The Balaban J connectivity index is 1.42. The van der Waals surface area contributed by atoms with Crippen molar-refractivity contribution in [3.8, 4) is 11.5 Å². The summed E-state index contributed by atoms with van der Waals surface area (Å²) in [5, 5.41) is 12.7. The van der Waals surface area contributed by atoms with Gasteiger partial charge in [-0.2, -0.15) is 0 Å². The lowest BCUT2D eigenvalue weighted by atomic mass is 9.91. The van der Waals surface area contributed by atoms with Crippen LogP contribution in [0.5, 0.6) is 11.5 Å². The summed E-state index contributed by atoms with van der Waals surface area (Å²) in [6.07, 6.45) is 2.45. The lowest BCUT2D eigenvalue weighted by molar-refractivity contribution is 0.000141. The van der Waals surface area contributed by atoms with Gasteiger partial charge in [0, 0.05) is 32.5 Å². The van der Waals surface area contributed by atoms with Gasteiger partial charge in [0.1, 0.15) is 17.1 Å². The van der Waals surface area contributed by atoms with Crippen LogP contribution in [-0.2, 0) is 4.74 Å². The molecule has 2 N–H and O–H groups in total. The van der Waals surface area contributed by atoms with Gasteiger partial charge in [-0.25, -0.2) is 4.79 Å². The number of piperidine rings is 1. The molecule has 0 aromatic heterocycles. The average Bonchev–Trinajstić information content (AvgIpc) is 2.96. The number of phenolic OH excluding ortho intramolecular Hbond substituents is 1. The minimum Gasteiger partial charge on any atom is -0.507 e. The number of aromatic hydroxyl groups is 1. The third-order valence-corrected chi connectivity index (χ3v) is 5.52. The Morgan fingerprint density at radius 1 is 1.28 bits per heavy atom. The van der Waals surface area contributed by atoms with E-state index < -0.39 is 0 Å². The standard InChI is InChI=1S/C19H28N2O4/c1-13-11-16(14(2)15(3)17(13)22)24-10-4-7-21-8-5-19(6-9-21)12-20-18(23)25-19/h11,22H,4-10,12H2,1-3H3,(H,20,23). The largest absolute Gasteiger partial charge is 0.507 e. The third-order valence-electron chi connectivity index (χ3n) is 5.52. The molecule has 6 heteroatoms. The van der Waals surface area contributed by atoms with Crippen LogP contribution in [0.3, 0.4) is 0 Å². The summed E-state index contributed by atoms with van der Waals surface area (Å²) >= 11 is 0. The molecule has 0 radical (unpaired) electrons. The van der Waals surface area contributed by atoms with Gasteiger partial charge in [0.05, 0.1) is 13.2 Å². The maximum absolute atomic E-state index is 11.3. The van der Waals surface area contributed by atoms with Gasteiger partial charge >= 0.3 is 6.09 Å². The summed E-state index contributed by atoms with van der Waals surface area (Å²) in [4.78, 5) is 13.7. The van der Waals surface area contributed by atoms with Crippen molar-refractivity contribution in [3.63, 3.8) is 0 Å². The molecule has 2 heterocycles. The Bertz CT molecular complexity index is 651. The fourth-order valence-electron chi connectivity index (χ4n) is 3.62. The van der Waals surface area contributed by atoms with Crippen LogP contribution in [0.25, 0.3) is 0 Å². The van der Waals surface area contributed by atoms with E-state index in [9.17, 15) is 9.90 Å². The van der Waals surface area contributed by atoms with Crippen molar-refractivity contribution in [1.82, 2.24) is 10.2 Å². The van der Waals surface area contributed by atoms with Crippen LogP contribution in [-0.4, -0.2) is 54.5 Å². The first-order chi connectivity index (χ1) is 11.9. The van der Waals surface area contributed by atoms with Crippen molar-refractivity contribution < 1.29 is 19.4 Å². The molecule has 2 aliphatic heterocycles. The Morgan fingerprint density at radius 2 is 2.00 bits per heavy atom. The van der Waals surface area contributed by atoms with Crippen molar-refractivity contribution in [2.45, 2.75) is 45.6 Å². The normalized spacial score (nSPS) is 19.7. The summed E-state index contributed by atoms with van der Waals surface area (Å²) in [7, 11) is 0. The van der Waals surface area contributed by atoms with Crippen LogP contribution >= 0.6 is 0 Å². The molecule has 1 aromatic rings. The van der Waals surface area contributed by atoms with Crippen molar-refractivity contribution in [2.75, 3.05) is 32.8 Å². The number of likely N-dealkylation sites (tertiary alicyclic amines) is 1. The molecule has 6 nitrogen and oxygen atoms in total. The topological polar surface area (TPSA) is 71.0 Å². The van der Waals surface area contributed by atoms with E-state index in [1.165, 1.54) is 0 Å². The summed E-state index contributed by atoms with van der Waals surface area (Å²) in [5.74, 6) is 1.21. The highest BCUT2D eigenvalue weighted by Crippen LogP contribution is 2.32. The van der Waals surface area contributed by atoms with Crippen molar-refractivity contribution in [2.24, 2.45) is 0 Å². The van der Waals surface area contributed by atoms with Crippen LogP contribution in [0.2, 0.25) is 0 Å². The number of nitrogens with zero attached hydrogens (tertiary/aromatic N) is 1. The highest BCUT2D eigenvalue weighted by Gasteiger charge is 2.42. The molecule has 1 spiro atoms. The number of rotatable bonds is 5. The van der Waals surface area contributed by atoms with E-state index in [0.717, 1.165) is 61.3 Å². The number of carbonyl (C=O) groups is 1. The molecule has 3 rings (SSSR count). The molecule has 0 aliphatic carbocycles. The van der Waals surface area contributed by atoms with Crippen molar-refractivity contribution >= 4 is 6.09 Å². The number of aryl methyl sites for hydroxylation is 1. The van der Waals surface area contributed by atoms with E-state index in [0.29, 0.717) is 18.9 Å². The molecule has 1 aromatic carbocycles. The molecular formula is C19H28N2O4. The second kappa shape index (κ2) is 7.12. The molecule has 25 heavy (non-hydrogen) atoms. The SMILES string of the molecule is Cc1cc(OCCCN2CCC3(CC2)CNC(=O)O3)c(C)c(C)c1O. The fourth-order valence-corrected chi connectivity index (χ4v) is 3.62. The zero-order valence-electron chi connectivity index (χ0n) is 15.4. The van der Waals surface area contributed by atoms with Gasteiger partial charge in [0.25, 0.3) is 0 Å². The van der Waals surface area contributed by atoms with Crippen molar-refractivity contribution in [3.05, 3.63) is 22.8 Å². The minimum atomic E-state index is -0.281. The van der Waals surface area contributed by atoms with Crippen LogP contribution in [0.4, 0.5) is 4.79 Å². The van der Waals surface area contributed by atoms with E-state index in [-0.39, 0.29) is 11.7 Å². The lowest BCUT2D eigenvalue weighted by Gasteiger charge is -2.37. The summed E-state index contributed by atoms with van der Waals surface area (Å²) in [6.45, 7) is 9.96. The van der Waals surface area contributed by atoms with Gasteiger partial charge in [0.15, 0.2) is 0 Å². The first-order valence-corrected chi connectivity index (χ1v) is 9.02. The molecular weight excluding hydrogens is 320 g/mol. The maximum Gasteiger partial charge on any atom is 0.407 e. The molecule has 2 fully saturated rings. The molecule has 0 saturated carbocycles. The summed E-state index contributed by atoms with van der Waals surface area (Å²) < 4.78 is 11.4. The Kier molecular flexibility index (Phi) is 5.08. The zero-order valence-corrected chi connectivity index (χ0v) is 15.4. The summed E-state index contributed by atoms with van der Waals surface area (Å²) in [6, 6.07) is 1.91. The van der Waals surface area contributed by atoms with Gasteiger partial charge in [-0.3, -0.25) is 0 Å². The predicted molar refractivity (Wildman–Crippen MR) is 95.3 cm³/mol. The highest BCUT2D eigenvalue weighted by atomic mass is 16.6. The van der Waals surface area contributed by atoms with Gasteiger partial charge in [0.2, 0.25) is 0 Å². The van der Waals surface area contributed by atoms with E-state index in [2.05, 4.69) is 10.2 Å². The fraction of sp³-hybridized carbons (Fsp3) is 0.632. The molecule has 138 valence electrons. The first-order valence-electron chi connectivity index (χ1n) is 9.02. The van der Waals surface area contributed by atoms with Crippen molar-refractivity contribution in [1.29, 1.82) is 0 Å². The second-order valence-corrected chi connectivity index (χ2v) is 7.26. The highest BCUT2D eigenvalue weighted by molar-refractivity contribution is 5.70. The molecule has 0 atom stereocenters. The molecule has 0 unspecified atom stereocenters. The number of phenols is 1. The molecule has 1 amide bonds. The van der Waals surface area contributed by atoms with Crippen LogP contribution in [0, 0.1) is 20.8 Å². The minimum absolute atomic E-state index is 0.276. The molecule has 2 saturated heterocycles. The smallest absolute Gasteiger partial charge is 0.407 e. The lowest BCUT2D eigenvalue weighted by Crippen LogP contribution is -2.46. The number of hydrogen-bond acceptors (Lipinski definition) is 5. The monoisotopic (exact) mass is 348 g/mol. The predicted octanol–water partition coefficient (Wildman–Crippen LogP) is 2.66. The van der Waals surface area contributed by atoms with Gasteiger partial charge in [-0.1, -0.05) is 0 Å². The number of hydrogen-bond donors (Lipinski definition) is 2. The number of amides is 1. The first kappa shape index (κ1) is 17.9. The number of benzene rings is 1. The van der Waals surface area contributed by atoms with Gasteiger partial charge in [-0.05, 0) is 49.9 Å². The van der Waals surface area contributed by atoms with Crippen LogP contribution in [0.1, 0.15) is 36.0 Å². The van der Waals surface area contributed by atoms with E-state index in [1.807, 2.05) is 26.8 Å². The molecule has 2 aliphatic rings. The summed E-state index contributed by atoms with van der Waals surface area (Å²) in [5.41, 5.74) is 2.45. The Labute approximate surface area is 149 Å². The van der Waals surface area contributed by atoms with E-state index in [1.54, 1.807) is 0 Å².